The third kappa shape index (κ3) is 5.27. The maximum atomic E-state index is 12.9. The van der Waals surface area contributed by atoms with Crippen molar-refractivity contribution in [2.45, 2.75) is 16.3 Å². The number of halogens is 4. The number of benzene rings is 2. The van der Waals surface area contributed by atoms with Crippen LogP contribution in [0.3, 0.4) is 0 Å². The molecule has 3 rings (SSSR count). The molecule has 2 aromatic carbocycles. The minimum absolute atomic E-state index is 0.277. The lowest BCUT2D eigenvalue weighted by Gasteiger charge is -2.06. The van der Waals surface area contributed by atoms with Gasteiger partial charge in [0.05, 0.1) is 5.56 Å². The number of anilines is 1. The molecule has 0 fully saturated rings. The maximum Gasteiger partial charge on any atom is 0.416 e. The highest BCUT2D eigenvalue weighted by molar-refractivity contribution is 8.00. The molecule has 10 heteroatoms. The zero-order valence-corrected chi connectivity index (χ0v) is 15.1. The van der Waals surface area contributed by atoms with Crippen molar-refractivity contribution < 1.29 is 22.4 Å². The summed E-state index contributed by atoms with van der Waals surface area (Å²) in [6.07, 6.45) is -4.36. The Morgan fingerprint density at radius 2 is 1.70 bits per heavy atom. The van der Waals surface area contributed by atoms with Crippen LogP contribution in [0.5, 0.6) is 0 Å². The highest BCUT2D eigenvalue weighted by atomic mass is 32.2. The van der Waals surface area contributed by atoms with E-state index in [-0.39, 0.29) is 10.7 Å². The van der Waals surface area contributed by atoms with Crippen molar-refractivity contribution in [3.63, 3.8) is 0 Å². The molecule has 0 bridgehead atoms. The minimum Gasteiger partial charge on any atom is -0.296 e. The van der Waals surface area contributed by atoms with Gasteiger partial charge in [0.25, 0.3) is 5.91 Å². The molecule has 3 aromatic rings. The molecule has 0 aliphatic heterocycles. The van der Waals surface area contributed by atoms with Gasteiger partial charge in [-0.05, 0) is 42.0 Å². The Kier molecular flexibility index (Phi) is 5.76. The number of nitrogens with zero attached hydrogens (tertiary/aromatic N) is 2. The quantitative estimate of drug-likeness (QED) is 0.353. The average molecular weight is 413 g/mol. The zero-order valence-electron chi connectivity index (χ0n) is 13.5. The second-order valence-electron chi connectivity index (χ2n) is 5.32. The molecule has 1 amide bonds. The third-order valence-electron chi connectivity index (χ3n) is 3.38. The summed E-state index contributed by atoms with van der Waals surface area (Å²) in [5.74, 6) is -0.464. The van der Waals surface area contributed by atoms with E-state index in [1.54, 1.807) is 0 Å². The number of hydrogen-bond acceptors (Lipinski definition) is 5. The maximum absolute atomic E-state index is 12.9. The van der Waals surface area contributed by atoms with Gasteiger partial charge in [0.2, 0.25) is 5.13 Å². The second-order valence-corrected chi connectivity index (χ2v) is 7.52. The molecular weight excluding hydrogens is 402 g/mol. The fourth-order valence-electron chi connectivity index (χ4n) is 2.02. The Morgan fingerprint density at radius 3 is 2.33 bits per heavy atom. The van der Waals surface area contributed by atoms with Crippen molar-refractivity contribution in [3.8, 4) is 0 Å². The lowest BCUT2D eigenvalue weighted by molar-refractivity contribution is -0.137. The van der Waals surface area contributed by atoms with Crippen LogP contribution in [0.15, 0.2) is 52.9 Å². The van der Waals surface area contributed by atoms with Crippen LogP contribution in [0.25, 0.3) is 0 Å². The van der Waals surface area contributed by atoms with Crippen LogP contribution in [0.1, 0.15) is 21.5 Å². The van der Waals surface area contributed by atoms with E-state index in [1.807, 2.05) is 0 Å². The predicted molar refractivity (Wildman–Crippen MR) is 95.3 cm³/mol. The van der Waals surface area contributed by atoms with E-state index in [2.05, 4.69) is 15.5 Å². The Hall–Kier alpha value is -2.46. The van der Waals surface area contributed by atoms with Gasteiger partial charge in [-0.1, -0.05) is 35.2 Å². The Morgan fingerprint density at radius 1 is 1.04 bits per heavy atom. The van der Waals surface area contributed by atoms with Crippen LogP contribution in [0, 0.1) is 5.82 Å². The summed E-state index contributed by atoms with van der Waals surface area (Å²) in [6, 6.07) is 9.95. The van der Waals surface area contributed by atoms with E-state index < -0.39 is 23.5 Å². The lowest BCUT2D eigenvalue weighted by atomic mass is 10.1. The van der Waals surface area contributed by atoms with Crippen molar-refractivity contribution in [2.75, 3.05) is 5.32 Å². The molecular formula is C17H11F4N3OS2. The van der Waals surface area contributed by atoms with Crippen molar-refractivity contribution in [3.05, 3.63) is 71.0 Å². The van der Waals surface area contributed by atoms with E-state index in [0.717, 1.165) is 23.5 Å². The summed E-state index contributed by atoms with van der Waals surface area (Å²) in [5, 5.41) is 10.6. The van der Waals surface area contributed by atoms with Crippen LogP contribution in [0.4, 0.5) is 22.7 Å². The van der Waals surface area contributed by atoms with Crippen LogP contribution < -0.4 is 5.32 Å². The summed E-state index contributed by atoms with van der Waals surface area (Å²) in [4.78, 5) is 12.0. The number of hydrogen-bond donors (Lipinski definition) is 1. The van der Waals surface area contributed by atoms with Gasteiger partial charge in [0, 0.05) is 11.3 Å². The lowest BCUT2D eigenvalue weighted by Crippen LogP contribution is -2.11. The third-order valence-corrected chi connectivity index (χ3v) is 5.42. The van der Waals surface area contributed by atoms with Crippen LogP contribution in [-0.2, 0) is 11.9 Å². The Balaban J connectivity index is 1.56. The largest absolute Gasteiger partial charge is 0.416 e. The highest BCUT2D eigenvalue weighted by Crippen LogP contribution is 2.31. The van der Waals surface area contributed by atoms with Crippen LogP contribution in [-0.4, -0.2) is 16.1 Å². The van der Waals surface area contributed by atoms with Crippen molar-refractivity contribution in [2.24, 2.45) is 0 Å². The molecule has 1 aromatic heterocycles. The van der Waals surface area contributed by atoms with Gasteiger partial charge in [-0.2, -0.15) is 13.2 Å². The van der Waals surface area contributed by atoms with Crippen LogP contribution >= 0.6 is 23.1 Å². The number of rotatable bonds is 5. The molecule has 0 radical (unpaired) electrons. The molecule has 140 valence electrons. The number of alkyl halides is 3. The monoisotopic (exact) mass is 413 g/mol. The molecule has 1 N–H and O–H groups in total. The molecule has 1 heterocycles. The molecule has 0 saturated carbocycles. The van der Waals surface area contributed by atoms with E-state index in [1.165, 1.54) is 48.2 Å². The Labute approximate surface area is 159 Å². The standard InChI is InChI=1S/C17H11F4N3OS2/c18-13-7-3-11(4-8-13)14(25)22-15-23-24-16(27-15)26-9-10-1-5-12(6-2-10)17(19,20)21/h1-8H,9H2,(H,22,23,25). The number of thioether (sulfide) groups is 1. The van der Waals surface area contributed by atoms with Gasteiger partial charge in [0.15, 0.2) is 4.34 Å². The fraction of sp³-hybridized carbons (Fsp3) is 0.118. The number of amides is 1. The minimum atomic E-state index is -4.36. The first-order chi connectivity index (χ1) is 12.8. The Bertz CT molecular complexity index is 925. The summed E-state index contributed by atoms with van der Waals surface area (Å²) in [7, 11) is 0. The first-order valence-electron chi connectivity index (χ1n) is 7.50. The molecule has 0 saturated heterocycles. The van der Waals surface area contributed by atoms with Gasteiger partial charge in [-0.15, -0.1) is 10.2 Å². The molecule has 0 aliphatic rings. The van der Waals surface area contributed by atoms with E-state index in [0.29, 0.717) is 15.7 Å². The average Bonchev–Trinajstić information content (AvgIpc) is 3.07. The molecule has 0 atom stereocenters. The summed E-state index contributed by atoms with van der Waals surface area (Å²) in [6.45, 7) is 0. The number of carbonyl (C=O) groups excluding carboxylic acids is 1. The normalized spacial score (nSPS) is 11.4. The van der Waals surface area contributed by atoms with Gasteiger partial charge in [-0.3, -0.25) is 10.1 Å². The van der Waals surface area contributed by atoms with Crippen molar-refractivity contribution in [1.29, 1.82) is 0 Å². The van der Waals surface area contributed by atoms with E-state index in [9.17, 15) is 22.4 Å². The highest BCUT2D eigenvalue weighted by Gasteiger charge is 2.29. The van der Waals surface area contributed by atoms with Gasteiger partial charge < -0.3 is 0 Å². The number of carbonyl (C=O) groups is 1. The molecule has 27 heavy (non-hydrogen) atoms. The molecule has 4 nitrogen and oxygen atoms in total. The molecule has 0 unspecified atom stereocenters. The van der Waals surface area contributed by atoms with Gasteiger partial charge in [-0.25, -0.2) is 4.39 Å². The zero-order chi connectivity index (χ0) is 19.4. The van der Waals surface area contributed by atoms with Crippen molar-refractivity contribution in [1.82, 2.24) is 10.2 Å². The topological polar surface area (TPSA) is 54.9 Å². The smallest absolute Gasteiger partial charge is 0.296 e. The summed E-state index contributed by atoms with van der Waals surface area (Å²) in [5.41, 5.74) is 0.295. The van der Waals surface area contributed by atoms with Crippen LogP contribution in [0.2, 0.25) is 0 Å². The number of aromatic nitrogens is 2. The van der Waals surface area contributed by atoms with Gasteiger partial charge in [0.1, 0.15) is 5.82 Å². The van der Waals surface area contributed by atoms with E-state index >= 15 is 0 Å². The SMILES string of the molecule is O=C(Nc1nnc(SCc2ccc(C(F)(F)F)cc2)s1)c1ccc(F)cc1. The first kappa shape index (κ1) is 19.3. The summed E-state index contributed by atoms with van der Waals surface area (Å²) < 4.78 is 51.1. The molecule has 0 spiro atoms. The predicted octanol–water partition coefficient (Wildman–Crippen LogP) is 5.24. The fourth-order valence-corrected chi connectivity index (χ4v) is 3.73. The van der Waals surface area contributed by atoms with E-state index in [4.69, 9.17) is 0 Å². The first-order valence-corrected chi connectivity index (χ1v) is 9.31. The van der Waals surface area contributed by atoms with Crippen molar-refractivity contribution >= 4 is 34.1 Å². The summed E-state index contributed by atoms with van der Waals surface area (Å²) >= 11 is 2.44. The number of nitrogens with one attached hydrogen (secondary N) is 1. The van der Waals surface area contributed by atoms with Gasteiger partial charge >= 0.3 is 6.18 Å². The second kappa shape index (κ2) is 8.05. The molecule has 0 aliphatic carbocycles.